The number of hydrogen-bond donors (Lipinski definition) is 1. The van der Waals surface area contributed by atoms with Gasteiger partial charge in [0.05, 0.1) is 11.5 Å². The van der Waals surface area contributed by atoms with Crippen LogP contribution in [0, 0.1) is 5.92 Å². The first-order valence-corrected chi connectivity index (χ1v) is 8.90. The number of amides is 1. The van der Waals surface area contributed by atoms with Crippen molar-refractivity contribution in [2.45, 2.75) is 26.2 Å². The van der Waals surface area contributed by atoms with Gasteiger partial charge in [0.2, 0.25) is 0 Å². The summed E-state index contributed by atoms with van der Waals surface area (Å²) < 4.78 is 22.7. The van der Waals surface area contributed by atoms with E-state index in [1.807, 2.05) is 24.3 Å². The van der Waals surface area contributed by atoms with Crippen LogP contribution in [0.1, 0.15) is 35.7 Å². The summed E-state index contributed by atoms with van der Waals surface area (Å²) in [7, 11) is -2.87. The van der Waals surface area contributed by atoms with Crippen LogP contribution in [0.25, 0.3) is 0 Å². The van der Waals surface area contributed by atoms with E-state index in [2.05, 4.69) is 12.2 Å². The maximum Gasteiger partial charge on any atom is 0.251 e. The molecule has 1 aliphatic rings. The minimum Gasteiger partial charge on any atom is -0.352 e. The van der Waals surface area contributed by atoms with Crippen LogP contribution in [0.2, 0.25) is 0 Å². The van der Waals surface area contributed by atoms with E-state index in [-0.39, 0.29) is 23.3 Å². The average Bonchev–Trinajstić information content (AvgIpc) is 2.77. The molecule has 1 unspecified atom stereocenters. The topological polar surface area (TPSA) is 63.2 Å². The van der Waals surface area contributed by atoms with Crippen molar-refractivity contribution in [2.75, 3.05) is 18.1 Å². The molecular formula is C15H21NO3S. The Hall–Kier alpha value is -1.36. The van der Waals surface area contributed by atoms with Crippen LogP contribution in [0.15, 0.2) is 24.3 Å². The predicted octanol–water partition coefficient (Wildman–Crippen LogP) is 1.80. The van der Waals surface area contributed by atoms with Gasteiger partial charge in [-0.15, -0.1) is 0 Å². The van der Waals surface area contributed by atoms with E-state index in [4.69, 9.17) is 0 Å². The Morgan fingerprint density at radius 3 is 2.55 bits per heavy atom. The second kappa shape index (κ2) is 6.39. The van der Waals surface area contributed by atoms with E-state index in [9.17, 15) is 13.2 Å². The summed E-state index contributed by atoms with van der Waals surface area (Å²) >= 11 is 0. The summed E-state index contributed by atoms with van der Waals surface area (Å²) in [5.41, 5.74) is 1.86. The Bertz CT molecular complexity index is 563. The highest BCUT2D eigenvalue weighted by Crippen LogP contribution is 2.17. The zero-order valence-corrected chi connectivity index (χ0v) is 12.6. The van der Waals surface area contributed by atoms with Crippen molar-refractivity contribution in [1.29, 1.82) is 0 Å². The molecule has 1 saturated heterocycles. The van der Waals surface area contributed by atoms with Gasteiger partial charge in [0, 0.05) is 12.1 Å². The van der Waals surface area contributed by atoms with E-state index >= 15 is 0 Å². The maximum absolute atomic E-state index is 12.0. The summed E-state index contributed by atoms with van der Waals surface area (Å²) in [6.45, 7) is 2.56. The van der Waals surface area contributed by atoms with Crippen molar-refractivity contribution in [3.05, 3.63) is 35.4 Å². The van der Waals surface area contributed by atoms with E-state index in [1.165, 1.54) is 5.56 Å². The monoisotopic (exact) mass is 295 g/mol. The van der Waals surface area contributed by atoms with Gasteiger partial charge in [-0.2, -0.15) is 0 Å². The van der Waals surface area contributed by atoms with E-state index in [0.717, 1.165) is 12.8 Å². The largest absolute Gasteiger partial charge is 0.352 e. The molecule has 0 spiro atoms. The first-order valence-electron chi connectivity index (χ1n) is 7.08. The van der Waals surface area contributed by atoms with Crippen LogP contribution in [0.4, 0.5) is 0 Å². The molecule has 0 bridgehead atoms. The van der Waals surface area contributed by atoms with Gasteiger partial charge in [-0.05, 0) is 36.5 Å². The molecule has 20 heavy (non-hydrogen) atoms. The lowest BCUT2D eigenvalue weighted by Gasteiger charge is -2.10. The summed E-state index contributed by atoms with van der Waals surface area (Å²) in [5, 5.41) is 2.83. The lowest BCUT2D eigenvalue weighted by atomic mass is 10.1. The normalized spacial score (nSPS) is 20.8. The average molecular weight is 295 g/mol. The molecule has 5 heteroatoms. The number of sulfone groups is 1. The number of hydrogen-bond acceptors (Lipinski definition) is 3. The van der Waals surface area contributed by atoms with Crippen LogP contribution in [0.3, 0.4) is 0 Å². The minimum absolute atomic E-state index is 0.0586. The number of carbonyl (C=O) groups is 1. The molecule has 1 heterocycles. The van der Waals surface area contributed by atoms with Crippen LogP contribution in [-0.2, 0) is 16.3 Å². The van der Waals surface area contributed by atoms with Crippen molar-refractivity contribution in [2.24, 2.45) is 5.92 Å². The Balaban J connectivity index is 1.86. The Morgan fingerprint density at radius 1 is 1.30 bits per heavy atom. The molecular weight excluding hydrogens is 274 g/mol. The molecule has 0 saturated carbocycles. The number of carbonyl (C=O) groups excluding carboxylic acids is 1. The first-order chi connectivity index (χ1) is 9.50. The van der Waals surface area contributed by atoms with Gasteiger partial charge < -0.3 is 5.32 Å². The molecule has 0 aliphatic carbocycles. The molecule has 1 aromatic rings. The van der Waals surface area contributed by atoms with Crippen LogP contribution in [0.5, 0.6) is 0 Å². The lowest BCUT2D eigenvalue weighted by molar-refractivity contribution is 0.0948. The van der Waals surface area contributed by atoms with E-state index in [1.54, 1.807) is 0 Å². The second-order valence-corrected chi connectivity index (χ2v) is 7.65. The lowest BCUT2D eigenvalue weighted by Crippen LogP contribution is -2.29. The van der Waals surface area contributed by atoms with Gasteiger partial charge in [-0.1, -0.05) is 25.5 Å². The summed E-state index contributed by atoms with van der Waals surface area (Å²) in [5.74, 6) is 0.378. The number of benzene rings is 1. The molecule has 1 aliphatic heterocycles. The predicted molar refractivity (Wildman–Crippen MR) is 79.5 cm³/mol. The zero-order valence-electron chi connectivity index (χ0n) is 11.8. The van der Waals surface area contributed by atoms with Crippen molar-refractivity contribution in [3.8, 4) is 0 Å². The zero-order chi connectivity index (χ0) is 14.6. The van der Waals surface area contributed by atoms with Crippen molar-refractivity contribution < 1.29 is 13.2 Å². The first kappa shape index (κ1) is 15.0. The summed E-state index contributed by atoms with van der Waals surface area (Å²) in [4.78, 5) is 12.0. The van der Waals surface area contributed by atoms with Crippen LogP contribution < -0.4 is 5.32 Å². The fourth-order valence-corrected chi connectivity index (χ4v) is 4.35. The van der Waals surface area contributed by atoms with Crippen molar-refractivity contribution >= 4 is 15.7 Å². The van der Waals surface area contributed by atoms with Crippen LogP contribution >= 0.6 is 0 Å². The molecule has 1 atom stereocenters. The molecule has 1 fully saturated rings. The highest BCUT2D eigenvalue weighted by molar-refractivity contribution is 7.91. The highest BCUT2D eigenvalue weighted by atomic mass is 32.2. The summed E-state index contributed by atoms with van der Waals surface area (Å²) in [6, 6.07) is 7.59. The minimum atomic E-state index is -2.87. The molecule has 1 aromatic carbocycles. The third-order valence-corrected chi connectivity index (χ3v) is 5.47. The van der Waals surface area contributed by atoms with Gasteiger partial charge >= 0.3 is 0 Å². The Kier molecular flexibility index (Phi) is 4.81. The van der Waals surface area contributed by atoms with Gasteiger partial charge in [0.1, 0.15) is 0 Å². The third-order valence-electron chi connectivity index (χ3n) is 3.63. The van der Waals surface area contributed by atoms with Gasteiger partial charge in [0.25, 0.3) is 5.91 Å². The smallest absolute Gasteiger partial charge is 0.251 e. The number of aryl methyl sites for hydroxylation is 1. The second-order valence-electron chi connectivity index (χ2n) is 5.43. The third kappa shape index (κ3) is 4.07. The molecule has 2 rings (SSSR count). The number of nitrogens with one attached hydrogen (secondary N) is 1. The van der Waals surface area contributed by atoms with E-state index < -0.39 is 9.84 Å². The molecule has 110 valence electrons. The van der Waals surface area contributed by atoms with Crippen molar-refractivity contribution in [3.63, 3.8) is 0 Å². The molecule has 0 radical (unpaired) electrons. The fourth-order valence-electron chi connectivity index (χ4n) is 2.48. The number of rotatable bonds is 5. The van der Waals surface area contributed by atoms with Crippen molar-refractivity contribution in [1.82, 2.24) is 5.32 Å². The fraction of sp³-hybridized carbons (Fsp3) is 0.533. The Morgan fingerprint density at radius 2 is 2.00 bits per heavy atom. The van der Waals surface area contributed by atoms with Gasteiger partial charge in [0.15, 0.2) is 9.84 Å². The standard InChI is InChI=1S/C15H21NO3S/c1-2-3-12-4-6-14(7-5-12)15(17)16-10-13-8-9-20(18,19)11-13/h4-7,13H,2-3,8-11H2,1H3,(H,16,17). The molecule has 0 aromatic heterocycles. The molecule has 4 nitrogen and oxygen atoms in total. The van der Waals surface area contributed by atoms with Gasteiger partial charge in [-0.3, -0.25) is 4.79 Å². The molecule has 1 N–H and O–H groups in total. The quantitative estimate of drug-likeness (QED) is 0.901. The van der Waals surface area contributed by atoms with Gasteiger partial charge in [-0.25, -0.2) is 8.42 Å². The SMILES string of the molecule is CCCc1ccc(C(=O)NCC2CCS(=O)(=O)C2)cc1. The maximum atomic E-state index is 12.0. The van der Waals surface area contributed by atoms with Crippen LogP contribution in [-0.4, -0.2) is 32.4 Å². The highest BCUT2D eigenvalue weighted by Gasteiger charge is 2.27. The molecule has 1 amide bonds. The van der Waals surface area contributed by atoms with E-state index in [0.29, 0.717) is 18.5 Å². The summed E-state index contributed by atoms with van der Waals surface area (Å²) in [6.07, 6.45) is 2.75. The Labute approximate surface area is 120 Å².